The van der Waals surface area contributed by atoms with E-state index in [1.807, 2.05) is 0 Å². The van der Waals surface area contributed by atoms with Gasteiger partial charge in [0.25, 0.3) is 5.56 Å². The first-order valence-electron chi connectivity index (χ1n) is 8.97. The molecule has 0 bridgehead atoms. The molecule has 1 aromatic carbocycles. The number of aromatic nitrogens is 2. The molecule has 1 heterocycles. The van der Waals surface area contributed by atoms with Crippen molar-refractivity contribution in [3.63, 3.8) is 0 Å². The van der Waals surface area contributed by atoms with Gasteiger partial charge in [-0.05, 0) is 38.0 Å². The van der Waals surface area contributed by atoms with Gasteiger partial charge in [0, 0.05) is 11.4 Å². The molecule has 1 unspecified atom stereocenters. The SMILES string of the molecule is CC1(O)CC(NC(=O)Cn2nc(C(O)C(F)(F)F)c3cc(C(F)(F)F)ccc3c2=O)C1. The summed E-state index contributed by atoms with van der Waals surface area (Å²) in [5, 5.41) is 23.8. The Bertz CT molecular complexity index is 1070. The average Bonchev–Trinajstić information content (AvgIpc) is 2.60. The van der Waals surface area contributed by atoms with E-state index in [9.17, 15) is 46.1 Å². The first-order chi connectivity index (χ1) is 14.1. The van der Waals surface area contributed by atoms with E-state index in [1.54, 1.807) is 6.92 Å². The third-order valence-corrected chi connectivity index (χ3v) is 4.92. The lowest BCUT2D eigenvalue weighted by molar-refractivity contribution is -0.207. The Kier molecular flexibility index (Phi) is 5.55. The maximum atomic E-state index is 13.1. The van der Waals surface area contributed by atoms with E-state index in [0.717, 1.165) is 0 Å². The second-order valence-corrected chi connectivity index (χ2v) is 7.72. The van der Waals surface area contributed by atoms with Crippen LogP contribution in [0, 0.1) is 0 Å². The lowest BCUT2D eigenvalue weighted by atomic mass is 9.77. The number of benzene rings is 1. The number of amides is 1. The number of carbonyl (C=O) groups is 1. The first kappa shape index (κ1) is 23.0. The summed E-state index contributed by atoms with van der Waals surface area (Å²) in [7, 11) is 0. The van der Waals surface area contributed by atoms with Crippen molar-refractivity contribution in [2.45, 2.75) is 56.4 Å². The van der Waals surface area contributed by atoms with Crippen LogP contribution in [0.2, 0.25) is 0 Å². The summed E-state index contributed by atoms with van der Waals surface area (Å²) in [6.07, 6.45) is -13.0. The molecule has 31 heavy (non-hydrogen) atoms. The Balaban J connectivity index is 2.03. The maximum Gasteiger partial charge on any atom is 0.420 e. The van der Waals surface area contributed by atoms with E-state index < -0.39 is 70.1 Å². The Morgan fingerprint density at radius 1 is 1.26 bits per heavy atom. The molecule has 1 fully saturated rings. The van der Waals surface area contributed by atoms with E-state index in [0.29, 0.717) is 22.9 Å². The van der Waals surface area contributed by atoms with Gasteiger partial charge < -0.3 is 15.5 Å². The fourth-order valence-electron chi connectivity index (χ4n) is 3.46. The molecule has 0 saturated heterocycles. The number of nitrogens with one attached hydrogen (secondary N) is 1. The number of rotatable bonds is 4. The Morgan fingerprint density at radius 2 is 1.87 bits per heavy atom. The monoisotopic (exact) mass is 453 g/mol. The molecule has 13 heteroatoms. The highest BCUT2D eigenvalue weighted by molar-refractivity contribution is 5.85. The quantitative estimate of drug-likeness (QED) is 0.615. The molecule has 0 aliphatic heterocycles. The molecule has 3 N–H and O–H groups in total. The molecule has 1 aromatic heterocycles. The Labute approximate surface area is 170 Å². The number of hydrogen-bond acceptors (Lipinski definition) is 5. The van der Waals surface area contributed by atoms with Gasteiger partial charge in [-0.15, -0.1) is 0 Å². The van der Waals surface area contributed by atoms with Gasteiger partial charge in [0.1, 0.15) is 12.2 Å². The highest BCUT2D eigenvalue weighted by Gasteiger charge is 2.43. The van der Waals surface area contributed by atoms with Gasteiger partial charge >= 0.3 is 12.4 Å². The predicted molar refractivity (Wildman–Crippen MR) is 93.8 cm³/mol. The van der Waals surface area contributed by atoms with Crippen LogP contribution in [0.1, 0.15) is 37.1 Å². The minimum atomic E-state index is -5.28. The molecule has 1 saturated carbocycles. The van der Waals surface area contributed by atoms with E-state index in [2.05, 4.69) is 10.4 Å². The zero-order chi connectivity index (χ0) is 23.4. The fourth-order valence-corrected chi connectivity index (χ4v) is 3.46. The van der Waals surface area contributed by atoms with Crippen molar-refractivity contribution in [3.05, 3.63) is 39.8 Å². The molecule has 2 aromatic rings. The van der Waals surface area contributed by atoms with E-state index in [4.69, 9.17) is 0 Å². The van der Waals surface area contributed by atoms with Crippen molar-refractivity contribution in [1.82, 2.24) is 15.1 Å². The van der Waals surface area contributed by atoms with E-state index >= 15 is 0 Å². The van der Waals surface area contributed by atoms with Crippen LogP contribution in [0.3, 0.4) is 0 Å². The number of halogens is 6. The summed E-state index contributed by atoms with van der Waals surface area (Å²) in [4.78, 5) is 24.7. The van der Waals surface area contributed by atoms with Crippen molar-refractivity contribution in [3.8, 4) is 0 Å². The van der Waals surface area contributed by atoms with E-state index in [1.165, 1.54) is 0 Å². The molecule has 0 radical (unpaired) electrons. The molecule has 170 valence electrons. The molecule has 3 rings (SSSR count). The lowest BCUT2D eigenvalue weighted by Gasteiger charge is -2.41. The average molecular weight is 453 g/mol. The second-order valence-electron chi connectivity index (χ2n) is 7.72. The van der Waals surface area contributed by atoms with Crippen molar-refractivity contribution in [1.29, 1.82) is 0 Å². The maximum absolute atomic E-state index is 13.1. The number of alkyl halides is 6. The fraction of sp³-hybridized carbons (Fsp3) is 0.500. The van der Waals surface area contributed by atoms with Gasteiger partial charge in [-0.25, -0.2) is 4.68 Å². The van der Waals surface area contributed by atoms with Crippen LogP contribution in [0.25, 0.3) is 10.8 Å². The van der Waals surface area contributed by atoms with Crippen molar-refractivity contribution >= 4 is 16.7 Å². The third-order valence-electron chi connectivity index (χ3n) is 4.92. The smallest absolute Gasteiger partial charge is 0.390 e. The highest BCUT2D eigenvalue weighted by atomic mass is 19.4. The Hall–Kier alpha value is -2.67. The molecule has 1 atom stereocenters. The number of hydrogen-bond donors (Lipinski definition) is 3. The normalized spacial score (nSPS) is 22.8. The second kappa shape index (κ2) is 7.48. The molecule has 1 amide bonds. The third kappa shape index (κ3) is 4.82. The van der Waals surface area contributed by atoms with Crippen molar-refractivity contribution < 1.29 is 41.4 Å². The molecular weight excluding hydrogens is 436 g/mol. The van der Waals surface area contributed by atoms with Crippen LogP contribution in [-0.4, -0.2) is 43.7 Å². The zero-order valence-electron chi connectivity index (χ0n) is 15.9. The van der Waals surface area contributed by atoms with Crippen LogP contribution in [0.15, 0.2) is 23.0 Å². The van der Waals surface area contributed by atoms with Crippen LogP contribution in [0.5, 0.6) is 0 Å². The minimum Gasteiger partial charge on any atom is -0.390 e. The molecular formula is C18H17F6N3O4. The van der Waals surface area contributed by atoms with Crippen molar-refractivity contribution in [2.24, 2.45) is 0 Å². The lowest BCUT2D eigenvalue weighted by Crippen LogP contribution is -2.54. The first-order valence-corrected chi connectivity index (χ1v) is 8.97. The van der Waals surface area contributed by atoms with Crippen molar-refractivity contribution in [2.75, 3.05) is 0 Å². The van der Waals surface area contributed by atoms with Gasteiger partial charge in [-0.3, -0.25) is 9.59 Å². The van der Waals surface area contributed by atoms with Gasteiger partial charge in [-0.1, -0.05) is 0 Å². The predicted octanol–water partition coefficient (Wildman–Crippen LogP) is 2.04. The van der Waals surface area contributed by atoms with E-state index in [-0.39, 0.29) is 12.8 Å². The largest absolute Gasteiger partial charge is 0.420 e. The van der Waals surface area contributed by atoms with Gasteiger partial charge in [0.15, 0.2) is 6.10 Å². The number of aliphatic hydroxyl groups excluding tert-OH is 1. The topological polar surface area (TPSA) is 104 Å². The molecule has 0 spiro atoms. The van der Waals surface area contributed by atoms with Crippen LogP contribution < -0.4 is 10.9 Å². The summed E-state index contributed by atoms with van der Waals surface area (Å²) in [6.45, 7) is 0.719. The summed E-state index contributed by atoms with van der Waals surface area (Å²) in [5.74, 6) is -0.797. The summed E-state index contributed by atoms with van der Waals surface area (Å²) in [6, 6.07) is 1.07. The molecule has 1 aliphatic carbocycles. The van der Waals surface area contributed by atoms with Crippen LogP contribution >= 0.6 is 0 Å². The molecule has 7 nitrogen and oxygen atoms in total. The summed E-state index contributed by atoms with van der Waals surface area (Å²) < 4.78 is 78.6. The zero-order valence-corrected chi connectivity index (χ0v) is 15.9. The van der Waals surface area contributed by atoms with Gasteiger partial charge in [0.05, 0.1) is 16.6 Å². The minimum absolute atomic E-state index is 0.233. The van der Waals surface area contributed by atoms with Crippen LogP contribution in [-0.2, 0) is 17.5 Å². The van der Waals surface area contributed by atoms with Gasteiger partial charge in [-0.2, -0.15) is 31.4 Å². The molecule has 1 aliphatic rings. The number of aliphatic hydroxyl groups is 2. The summed E-state index contributed by atoms with van der Waals surface area (Å²) in [5.41, 5.74) is -4.62. The number of nitrogens with zero attached hydrogens (tertiary/aromatic N) is 2. The Morgan fingerprint density at radius 3 is 2.39 bits per heavy atom. The number of carbonyl (C=O) groups excluding carboxylic acids is 1. The highest BCUT2D eigenvalue weighted by Crippen LogP contribution is 2.37. The summed E-state index contributed by atoms with van der Waals surface area (Å²) >= 11 is 0. The standard InChI is InChI=1S/C18H17F6N3O4/c1-16(31)5-9(6-16)25-12(28)7-27-15(30)10-3-2-8(17(19,20)21)4-11(10)13(26-27)14(29)18(22,23)24/h2-4,9,14,29,31H,5-7H2,1H3,(H,25,28). The van der Waals surface area contributed by atoms with Gasteiger partial charge in [0.2, 0.25) is 5.91 Å². The van der Waals surface area contributed by atoms with Crippen LogP contribution in [0.4, 0.5) is 26.3 Å². The number of fused-ring (bicyclic) bond motifs is 1.